The van der Waals surface area contributed by atoms with Crippen LogP contribution < -0.4 is 0 Å². The molecule has 8 nitrogen and oxygen atoms in total. The number of carbonyl (C=O) groups is 2. The third kappa shape index (κ3) is 4.95. The summed E-state index contributed by atoms with van der Waals surface area (Å²) >= 11 is 0. The summed E-state index contributed by atoms with van der Waals surface area (Å²) in [6.07, 6.45) is -1.62. The molecular weight excluding hydrogens is 484 g/mol. The number of hydrogen-bond donors (Lipinski definition) is 1. The van der Waals surface area contributed by atoms with E-state index in [1.807, 2.05) is 78.8 Å². The zero-order valence-corrected chi connectivity index (χ0v) is 23.2. The number of fused-ring (bicyclic) bond motifs is 1. The number of morpholine rings is 1. The maximum atomic E-state index is 13.9. The highest BCUT2D eigenvalue weighted by Gasteiger charge is 2.64. The average molecular weight is 523 g/mol. The van der Waals surface area contributed by atoms with Crippen molar-refractivity contribution in [2.45, 2.75) is 84.8 Å². The fourth-order valence-electron chi connectivity index (χ4n) is 5.64. The molecule has 4 rings (SSSR count). The molecule has 0 aliphatic carbocycles. The molecule has 8 heteroatoms. The summed E-state index contributed by atoms with van der Waals surface area (Å²) < 4.78 is 12.1. The molecule has 2 fully saturated rings. The van der Waals surface area contributed by atoms with E-state index in [4.69, 9.17) is 14.3 Å². The lowest BCUT2D eigenvalue weighted by atomic mass is 9.76. The monoisotopic (exact) mass is 522 g/mol. The maximum Gasteiger partial charge on any atom is 0.361 e. The lowest BCUT2D eigenvalue weighted by Gasteiger charge is -2.49. The van der Waals surface area contributed by atoms with E-state index < -0.39 is 35.2 Å². The molecule has 2 aliphatic rings. The van der Waals surface area contributed by atoms with Crippen LogP contribution in [0.15, 0.2) is 65.8 Å². The summed E-state index contributed by atoms with van der Waals surface area (Å²) in [4.78, 5) is 33.8. The first-order valence-corrected chi connectivity index (χ1v) is 13.0. The Kier molecular flexibility index (Phi) is 7.43. The molecule has 204 valence electrons. The summed E-state index contributed by atoms with van der Waals surface area (Å²) in [5.41, 5.74) is -1.10. The van der Waals surface area contributed by atoms with E-state index >= 15 is 0 Å². The summed E-state index contributed by atoms with van der Waals surface area (Å²) in [5.74, 6) is -1.16. The molecule has 2 aliphatic heterocycles. The summed E-state index contributed by atoms with van der Waals surface area (Å²) in [6, 6.07) is 17.8. The molecule has 0 amide bonds. The van der Waals surface area contributed by atoms with Gasteiger partial charge in [0.1, 0.15) is 18.3 Å². The second-order valence-electron chi connectivity index (χ2n) is 12.3. The second kappa shape index (κ2) is 10.2. The van der Waals surface area contributed by atoms with E-state index in [-0.39, 0.29) is 29.6 Å². The number of hydrogen-bond acceptors (Lipinski definition) is 8. The highest BCUT2D eigenvalue weighted by Crippen LogP contribution is 2.51. The molecule has 0 saturated carbocycles. The number of rotatable bonds is 5. The molecule has 0 aromatic heterocycles. The van der Waals surface area contributed by atoms with Crippen LogP contribution in [0.4, 0.5) is 0 Å². The first-order chi connectivity index (χ1) is 17.8. The molecule has 2 heterocycles. The van der Waals surface area contributed by atoms with Crippen molar-refractivity contribution in [2.24, 2.45) is 16.0 Å². The van der Waals surface area contributed by atoms with Crippen LogP contribution in [-0.2, 0) is 29.4 Å². The highest BCUT2D eigenvalue weighted by atomic mass is 16.7. The molecule has 5 atom stereocenters. The molecule has 0 spiro atoms. The van der Waals surface area contributed by atoms with Gasteiger partial charge in [-0.3, -0.25) is 4.84 Å². The van der Waals surface area contributed by atoms with Gasteiger partial charge in [0.05, 0.1) is 6.04 Å². The van der Waals surface area contributed by atoms with Crippen LogP contribution in [0.25, 0.3) is 0 Å². The van der Waals surface area contributed by atoms with Crippen molar-refractivity contribution in [3.63, 3.8) is 0 Å². The number of hydroxylamine groups is 2. The van der Waals surface area contributed by atoms with Crippen LogP contribution in [0.2, 0.25) is 0 Å². The quantitative estimate of drug-likeness (QED) is 0.253. The SMILES string of the molecule is CC1C(C(C)(C)C)OC(=O)C2(c3ccccc3)CC(C(OC(=O)/C(=N\O)c3ccccc3)C(C)(C)C)ON12. The van der Waals surface area contributed by atoms with Crippen molar-refractivity contribution in [1.82, 2.24) is 5.06 Å². The number of nitrogens with zero attached hydrogens (tertiary/aromatic N) is 2. The van der Waals surface area contributed by atoms with E-state index in [1.54, 1.807) is 35.4 Å². The minimum absolute atomic E-state index is 0.200. The molecule has 2 aromatic rings. The molecule has 5 unspecified atom stereocenters. The zero-order chi connectivity index (χ0) is 27.9. The smallest absolute Gasteiger partial charge is 0.361 e. The molecule has 2 aromatic carbocycles. The van der Waals surface area contributed by atoms with Gasteiger partial charge in [-0.25, -0.2) is 9.59 Å². The zero-order valence-electron chi connectivity index (χ0n) is 23.2. The fraction of sp³-hybridized carbons (Fsp3) is 0.500. The van der Waals surface area contributed by atoms with Crippen LogP contribution >= 0.6 is 0 Å². The Hall–Kier alpha value is -3.23. The Labute approximate surface area is 224 Å². The van der Waals surface area contributed by atoms with E-state index in [0.29, 0.717) is 5.56 Å². The van der Waals surface area contributed by atoms with Crippen LogP contribution in [0, 0.1) is 10.8 Å². The van der Waals surface area contributed by atoms with Gasteiger partial charge in [0.2, 0.25) is 0 Å². The standard InChI is InChI=1S/C30H38N2O6/c1-19-24(28(2,3)4)37-27(34)30(21-16-12-9-13-17-21)18-22(38-32(19)30)25(29(5,6)7)36-26(33)23(31-35)20-14-10-8-11-15-20/h8-17,19,22,24-25,35H,18H2,1-7H3/b31-23-. The molecule has 1 N–H and O–H groups in total. The first-order valence-electron chi connectivity index (χ1n) is 13.0. The number of esters is 2. The molecular formula is C30H38N2O6. The lowest BCUT2D eigenvalue weighted by molar-refractivity contribution is -0.282. The average Bonchev–Trinajstić information content (AvgIpc) is 3.27. The number of cyclic esters (lactones) is 1. The molecule has 0 bridgehead atoms. The predicted molar refractivity (Wildman–Crippen MR) is 142 cm³/mol. The van der Waals surface area contributed by atoms with Crippen LogP contribution in [0.3, 0.4) is 0 Å². The summed E-state index contributed by atoms with van der Waals surface area (Å²) in [6.45, 7) is 13.9. The van der Waals surface area contributed by atoms with Gasteiger partial charge in [-0.15, -0.1) is 0 Å². The van der Waals surface area contributed by atoms with Crippen molar-refractivity contribution >= 4 is 17.7 Å². The molecule has 38 heavy (non-hydrogen) atoms. The normalized spacial score (nSPS) is 27.4. The van der Waals surface area contributed by atoms with Gasteiger partial charge in [0.25, 0.3) is 0 Å². The number of oxime groups is 1. The Morgan fingerprint density at radius 2 is 1.63 bits per heavy atom. The Morgan fingerprint density at radius 3 is 2.16 bits per heavy atom. The van der Waals surface area contributed by atoms with Crippen molar-refractivity contribution in [3.05, 3.63) is 71.8 Å². The highest BCUT2D eigenvalue weighted by molar-refractivity contribution is 6.43. The second-order valence-corrected chi connectivity index (χ2v) is 12.3. The summed E-state index contributed by atoms with van der Waals surface area (Å²) in [5, 5.41) is 14.6. The predicted octanol–water partition coefficient (Wildman–Crippen LogP) is 5.08. The maximum absolute atomic E-state index is 13.9. The number of benzene rings is 2. The van der Waals surface area contributed by atoms with Gasteiger partial charge in [-0.1, -0.05) is 107 Å². The summed E-state index contributed by atoms with van der Waals surface area (Å²) in [7, 11) is 0. The van der Waals surface area contributed by atoms with E-state index in [0.717, 1.165) is 5.56 Å². The van der Waals surface area contributed by atoms with Crippen molar-refractivity contribution in [3.8, 4) is 0 Å². The van der Waals surface area contributed by atoms with Gasteiger partial charge in [0.15, 0.2) is 11.3 Å². The molecule has 2 saturated heterocycles. The lowest BCUT2D eigenvalue weighted by Crippen LogP contribution is -2.63. The number of ether oxygens (including phenoxy) is 2. The Balaban J connectivity index is 1.73. The van der Waals surface area contributed by atoms with Crippen molar-refractivity contribution < 1.29 is 29.1 Å². The van der Waals surface area contributed by atoms with E-state index in [1.165, 1.54) is 0 Å². The fourth-order valence-corrected chi connectivity index (χ4v) is 5.64. The van der Waals surface area contributed by atoms with Gasteiger partial charge >= 0.3 is 11.9 Å². The van der Waals surface area contributed by atoms with E-state index in [2.05, 4.69) is 5.16 Å². The van der Waals surface area contributed by atoms with Crippen LogP contribution in [-0.4, -0.2) is 52.3 Å². The van der Waals surface area contributed by atoms with Gasteiger partial charge in [-0.05, 0) is 12.5 Å². The minimum Gasteiger partial charge on any atom is -0.458 e. The Morgan fingerprint density at radius 1 is 1.05 bits per heavy atom. The van der Waals surface area contributed by atoms with Gasteiger partial charge in [-0.2, -0.15) is 5.06 Å². The largest absolute Gasteiger partial charge is 0.458 e. The van der Waals surface area contributed by atoms with E-state index in [9.17, 15) is 14.8 Å². The van der Waals surface area contributed by atoms with Crippen molar-refractivity contribution in [2.75, 3.05) is 0 Å². The minimum atomic E-state index is -1.20. The third-order valence-corrected chi connectivity index (χ3v) is 7.37. The Bertz CT molecular complexity index is 1180. The first kappa shape index (κ1) is 27.8. The number of carbonyl (C=O) groups excluding carboxylic acids is 2. The van der Waals surface area contributed by atoms with Gasteiger partial charge in [0, 0.05) is 22.8 Å². The topological polar surface area (TPSA) is 97.7 Å². The third-order valence-electron chi connectivity index (χ3n) is 7.37. The molecule has 0 radical (unpaired) electrons. The van der Waals surface area contributed by atoms with Crippen LogP contribution in [0.1, 0.15) is 66.0 Å². The van der Waals surface area contributed by atoms with Crippen LogP contribution in [0.5, 0.6) is 0 Å². The van der Waals surface area contributed by atoms with Crippen molar-refractivity contribution in [1.29, 1.82) is 0 Å². The van der Waals surface area contributed by atoms with Gasteiger partial charge < -0.3 is 14.7 Å².